The topological polar surface area (TPSA) is 29.1 Å². The van der Waals surface area contributed by atoms with E-state index in [2.05, 4.69) is 5.32 Å². The molecule has 1 amide bonds. The fourth-order valence-electron chi connectivity index (χ4n) is 0.487. The van der Waals surface area contributed by atoms with Crippen LogP contribution in [0.1, 0.15) is 28.5 Å². The van der Waals surface area contributed by atoms with Crippen LogP contribution in [0.2, 0.25) is 0 Å². The van der Waals surface area contributed by atoms with Crippen molar-refractivity contribution >= 4 is 5.91 Å². The fraction of sp³-hybridized carbons (Fsp3) is 0.857. The van der Waals surface area contributed by atoms with E-state index in [1.54, 1.807) is 13.8 Å². The average molecular weight is 131 g/mol. The number of rotatable bonds is 3. The predicted octanol–water partition coefficient (Wildman–Crippen LogP) is 1.17. The molecule has 2 heteroatoms. The first-order chi connectivity index (χ1) is 4.59. The smallest absolute Gasteiger partial charge is 0.222 e. The summed E-state index contributed by atoms with van der Waals surface area (Å²) in [6.45, 7) is 6.01. The monoisotopic (exact) mass is 131 g/mol. The first-order valence-electron chi connectivity index (χ1n) is 3.87. The maximum Gasteiger partial charge on any atom is 0.222 e. The van der Waals surface area contributed by atoms with Crippen LogP contribution in [-0.4, -0.2) is 12.5 Å². The SMILES string of the molecule is [3H]C(C)C(C)C(=O)NCC. The summed E-state index contributed by atoms with van der Waals surface area (Å²) < 4.78 is 7.23. The van der Waals surface area contributed by atoms with Crippen molar-refractivity contribution < 1.29 is 6.17 Å². The van der Waals surface area contributed by atoms with Crippen molar-refractivity contribution in [2.45, 2.75) is 27.2 Å². The lowest BCUT2D eigenvalue weighted by molar-refractivity contribution is -0.124. The van der Waals surface area contributed by atoms with Crippen molar-refractivity contribution in [2.24, 2.45) is 5.92 Å². The van der Waals surface area contributed by atoms with E-state index < -0.39 is 0 Å². The molecule has 0 saturated heterocycles. The highest BCUT2D eigenvalue weighted by molar-refractivity contribution is 5.78. The molecule has 1 N–H and O–H groups in total. The largest absolute Gasteiger partial charge is 0.356 e. The van der Waals surface area contributed by atoms with Crippen LogP contribution in [-0.2, 0) is 4.79 Å². The van der Waals surface area contributed by atoms with Gasteiger partial charge in [0.1, 0.15) is 0 Å². The molecule has 0 radical (unpaired) electrons. The molecule has 0 aliphatic carbocycles. The number of amides is 1. The summed E-state index contributed by atoms with van der Waals surface area (Å²) in [6.07, 6.45) is -0.313. The van der Waals surface area contributed by atoms with Crippen LogP contribution in [0, 0.1) is 5.92 Å². The van der Waals surface area contributed by atoms with E-state index in [4.69, 9.17) is 1.37 Å². The Labute approximate surface area is 58.0 Å². The third-order valence-electron chi connectivity index (χ3n) is 1.26. The summed E-state index contributed by atoms with van der Waals surface area (Å²) in [7, 11) is 0. The van der Waals surface area contributed by atoms with E-state index >= 15 is 0 Å². The first-order valence-corrected chi connectivity index (χ1v) is 3.29. The molecular formula is C7H15NO. The Morgan fingerprint density at radius 1 is 1.78 bits per heavy atom. The van der Waals surface area contributed by atoms with Gasteiger partial charge in [-0.05, 0) is 13.3 Å². The summed E-state index contributed by atoms with van der Waals surface area (Å²) >= 11 is 0. The molecule has 0 aliphatic rings. The van der Waals surface area contributed by atoms with Crippen LogP contribution in [0.3, 0.4) is 0 Å². The molecule has 2 atom stereocenters. The molecule has 54 valence electrons. The van der Waals surface area contributed by atoms with E-state index in [1.807, 2.05) is 6.92 Å². The summed E-state index contributed by atoms with van der Waals surface area (Å²) in [5.41, 5.74) is 0. The van der Waals surface area contributed by atoms with E-state index in [0.29, 0.717) is 6.54 Å². The van der Waals surface area contributed by atoms with Crippen molar-refractivity contribution in [1.29, 1.82) is 0 Å². The normalized spacial score (nSPS) is 17.9. The lowest BCUT2D eigenvalue weighted by Gasteiger charge is -2.06. The van der Waals surface area contributed by atoms with Gasteiger partial charge in [0, 0.05) is 13.8 Å². The van der Waals surface area contributed by atoms with Gasteiger partial charge in [-0.25, -0.2) is 0 Å². The Hall–Kier alpha value is -0.530. The molecule has 0 aromatic heterocycles. The minimum atomic E-state index is -0.313. The first kappa shape index (κ1) is 6.59. The van der Waals surface area contributed by atoms with Gasteiger partial charge in [0.25, 0.3) is 0 Å². The predicted molar refractivity (Wildman–Crippen MR) is 38.1 cm³/mol. The second-order valence-electron chi connectivity index (χ2n) is 2.02. The van der Waals surface area contributed by atoms with Crippen LogP contribution >= 0.6 is 0 Å². The van der Waals surface area contributed by atoms with Gasteiger partial charge in [-0.3, -0.25) is 4.79 Å². The quantitative estimate of drug-likeness (QED) is 0.612. The summed E-state index contributed by atoms with van der Waals surface area (Å²) in [5, 5.41) is 2.67. The van der Waals surface area contributed by atoms with Gasteiger partial charge in [0.05, 0.1) is 0 Å². The number of hydrogen-bond donors (Lipinski definition) is 1. The van der Waals surface area contributed by atoms with Gasteiger partial charge >= 0.3 is 0 Å². The number of nitrogens with one attached hydrogen (secondary N) is 1. The zero-order valence-electron chi connectivity index (χ0n) is 7.27. The molecule has 0 aromatic carbocycles. The molecule has 0 bridgehead atoms. The Bertz CT molecular complexity index is 114. The molecule has 2 nitrogen and oxygen atoms in total. The molecular weight excluding hydrogens is 114 g/mol. The highest BCUT2D eigenvalue weighted by Crippen LogP contribution is 1.98. The minimum Gasteiger partial charge on any atom is -0.356 e. The van der Waals surface area contributed by atoms with Crippen molar-refractivity contribution in [3.63, 3.8) is 0 Å². The molecule has 0 aromatic rings. The van der Waals surface area contributed by atoms with Gasteiger partial charge < -0.3 is 5.32 Å². The van der Waals surface area contributed by atoms with Crippen molar-refractivity contribution in [1.82, 2.24) is 5.32 Å². The Morgan fingerprint density at radius 2 is 2.33 bits per heavy atom. The Kier molecular flexibility index (Phi) is 3.19. The van der Waals surface area contributed by atoms with Gasteiger partial charge in [-0.15, -0.1) is 0 Å². The van der Waals surface area contributed by atoms with Crippen LogP contribution < -0.4 is 5.32 Å². The van der Waals surface area contributed by atoms with Gasteiger partial charge in [0.15, 0.2) is 0 Å². The van der Waals surface area contributed by atoms with Crippen LogP contribution in [0.5, 0.6) is 0 Å². The third kappa shape index (κ3) is 3.12. The summed E-state index contributed by atoms with van der Waals surface area (Å²) in [6, 6.07) is 0. The lowest BCUT2D eigenvalue weighted by Crippen LogP contribution is -2.28. The number of carbonyl (C=O) groups excluding carboxylic acids is 1. The maximum atomic E-state index is 11.0. The van der Waals surface area contributed by atoms with E-state index in [9.17, 15) is 4.79 Å². The minimum absolute atomic E-state index is 0.0231. The second kappa shape index (κ2) is 4.36. The van der Waals surface area contributed by atoms with E-state index in [-0.39, 0.29) is 18.2 Å². The molecule has 0 heterocycles. The van der Waals surface area contributed by atoms with E-state index in [1.165, 1.54) is 0 Å². The number of carbonyl (C=O) groups is 1. The molecule has 0 spiro atoms. The molecule has 0 saturated carbocycles. The Morgan fingerprint density at radius 3 is 2.67 bits per heavy atom. The third-order valence-corrected chi connectivity index (χ3v) is 1.26. The summed E-state index contributed by atoms with van der Waals surface area (Å²) in [5.74, 6) is -0.218. The van der Waals surface area contributed by atoms with Gasteiger partial charge in [0.2, 0.25) is 5.91 Å². The van der Waals surface area contributed by atoms with E-state index in [0.717, 1.165) is 0 Å². The highest BCUT2D eigenvalue weighted by Gasteiger charge is 2.06. The zero-order chi connectivity index (χ0) is 8.15. The van der Waals surface area contributed by atoms with Crippen LogP contribution in [0.4, 0.5) is 0 Å². The van der Waals surface area contributed by atoms with Crippen molar-refractivity contribution in [3.8, 4) is 0 Å². The molecule has 0 aliphatic heterocycles. The van der Waals surface area contributed by atoms with Gasteiger partial charge in [-0.2, -0.15) is 0 Å². The number of hydrogen-bond acceptors (Lipinski definition) is 1. The molecule has 9 heavy (non-hydrogen) atoms. The van der Waals surface area contributed by atoms with Crippen molar-refractivity contribution in [3.05, 3.63) is 0 Å². The zero-order valence-corrected chi connectivity index (χ0v) is 6.27. The lowest BCUT2D eigenvalue weighted by atomic mass is 10.1. The fourth-order valence-corrected chi connectivity index (χ4v) is 0.487. The van der Waals surface area contributed by atoms with Crippen LogP contribution in [0.15, 0.2) is 0 Å². The second-order valence-corrected chi connectivity index (χ2v) is 2.02. The van der Waals surface area contributed by atoms with Crippen LogP contribution in [0.25, 0.3) is 0 Å². The van der Waals surface area contributed by atoms with Gasteiger partial charge in [-0.1, -0.05) is 13.8 Å². The average Bonchev–Trinajstić information content (AvgIpc) is 1.87. The molecule has 0 fully saturated rings. The summed E-state index contributed by atoms with van der Waals surface area (Å²) in [4.78, 5) is 11.0. The Balaban J connectivity index is 3.71. The standard InChI is InChI=1S/C7H15NO/c1-4-6(3)7(9)8-5-2/h6H,4-5H2,1-3H3,(H,8,9)/i4T. The maximum absolute atomic E-state index is 11.0. The highest BCUT2D eigenvalue weighted by atomic mass is 16.1. The molecule has 2 unspecified atom stereocenters. The molecule has 0 rings (SSSR count). The van der Waals surface area contributed by atoms with Crippen molar-refractivity contribution in [2.75, 3.05) is 6.54 Å².